The summed E-state index contributed by atoms with van der Waals surface area (Å²) in [6.07, 6.45) is 2.02. The van der Waals surface area contributed by atoms with Crippen molar-refractivity contribution in [2.45, 2.75) is 32.4 Å². The second-order valence-electron chi connectivity index (χ2n) is 5.77. The van der Waals surface area contributed by atoms with Gasteiger partial charge in [-0.2, -0.15) is 0 Å². The van der Waals surface area contributed by atoms with Crippen LogP contribution in [-0.2, 0) is 6.54 Å². The summed E-state index contributed by atoms with van der Waals surface area (Å²) >= 11 is 0. The lowest BCUT2D eigenvalue weighted by Gasteiger charge is -2.21. The van der Waals surface area contributed by atoms with Crippen LogP contribution in [0.1, 0.15) is 45.0 Å². The Hall–Kier alpha value is -2.63. The zero-order chi connectivity index (χ0) is 16.4. The first-order chi connectivity index (χ1) is 11.1. The Kier molecular flexibility index (Phi) is 4.14. The van der Waals surface area contributed by atoms with Gasteiger partial charge in [-0.05, 0) is 37.5 Å². The molecule has 120 valence electrons. The Morgan fingerprint density at radius 1 is 1.30 bits per heavy atom. The molecule has 0 aliphatic heterocycles. The predicted molar refractivity (Wildman–Crippen MR) is 84.0 cm³/mol. The molecule has 1 saturated carbocycles. The summed E-state index contributed by atoms with van der Waals surface area (Å²) in [6.45, 7) is 2.29. The van der Waals surface area contributed by atoms with Crippen LogP contribution in [0.5, 0.6) is 0 Å². The van der Waals surface area contributed by atoms with Crippen molar-refractivity contribution < 1.29 is 14.1 Å². The van der Waals surface area contributed by atoms with Crippen LogP contribution in [0.25, 0.3) is 0 Å². The van der Waals surface area contributed by atoms with E-state index in [9.17, 15) is 9.59 Å². The first-order valence-electron chi connectivity index (χ1n) is 7.64. The third kappa shape index (κ3) is 3.41. The highest BCUT2D eigenvalue weighted by molar-refractivity contribution is 5.94. The average Bonchev–Trinajstić information content (AvgIpc) is 3.32. The van der Waals surface area contributed by atoms with Crippen LogP contribution in [0.4, 0.5) is 0 Å². The molecule has 0 spiro atoms. The Morgan fingerprint density at radius 2 is 2.00 bits per heavy atom. The monoisotopic (exact) mass is 313 g/mol. The van der Waals surface area contributed by atoms with Gasteiger partial charge in [0.2, 0.25) is 5.76 Å². The highest BCUT2D eigenvalue weighted by atomic mass is 16.5. The maximum absolute atomic E-state index is 12.6. The number of nitrogens with one attached hydrogen (secondary N) is 1. The molecule has 0 bridgehead atoms. The van der Waals surface area contributed by atoms with Crippen molar-refractivity contribution in [2.75, 3.05) is 7.05 Å². The van der Waals surface area contributed by atoms with Crippen LogP contribution in [0.3, 0.4) is 0 Å². The Balaban J connectivity index is 1.75. The van der Waals surface area contributed by atoms with Crippen LogP contribution >= 0.6 is 0 Å². The molecule has 1 aliphatic rings. The van der Waals surface area contributed by atoms with E-state index in [0.717, 1.165) is 18.4 Å². The summed E-state index contributed by atoms with van der Waals surface area (Å²) in [6, 6.07) is 9.20. The Labute approximate surface area is 134 Å². The van der Waals surface area contributed by atoms with Crippen LogP contribution in [0.15, 0.2) is 34.9 Å². The van der Waals surface area contributed by atoms with Gasteiger partial charge in [0.05, 0.1) is 5.69 Å². The zero-order valence-electron chi connectivity index (χ0n) is 13.2. The quantitative estimate of drug-likeness (QED) is 0.917. The lowest BCUT2D eigenvalue weighted by molar-refractivity contribution is 0.0687. The maximum Gasteiger partial charge on any atom is 0.293 e. The number of hydrogen-bond acceptors (Lipinski definition) is 4. The summed E-state index contributed by atoms with van der Waals surface area (Å²) in [5.74, 6) is 0.0173. The van der Waals surface area contributed by atoms with Gasteiger partial charge in [-0.25, -0.2) is 0 Å². The largest absolute Gasteiger partial charge is 0.355 e. The van der Waals surface area contributed by atoms with Crippen LogP contribution in [0.2, 0.25) is 0 Å². The number of benzene rings is 1. The van der Waals surface area contributed by atoms with E-state index in [0.29, 0.717) is 17.8 Å². The molecular formula is C17H19N3O3. The van der Waals surface area contributed by atoms with Crippen molar-refractivity contribution in [1.82, 2.24) is 15.4 Å². The van der Waals surface area contributed by atoms with E-state index < -0.39 is 0 Å². The minimum Gasteiger partial charge on any atom is -0.355 e. The molecule has 6 nitrogen and oxygen atoms in total. The molecular weight excluding hydrogens is 294 g/mol. The summed E-state index contributed by atoms with van der Waals surface area (Å²) in [4.78, 5) is 26.0. The number of aryl methyl sites for hydroxylation is 1. The highest BCUT2D eigenvalue weighted by Gasteiger charge is 2.34. The lowest BCUT2D eigenvalue weighted by Crippen LogP contribution is -2.32. The molecule has 3 rings (SSSR count). The van der Waals surface area contributed by atoms with Gasteiger partial charge in [-0.3, -0.25) is 9.59 Å². The van der Waals surface area contributed by atoms with E-state index in [-0.39, 0.29) is 23.6 Å². The number of amides is 2. The molecule has 0 radical (unpaired) electrons. The summed E-state index contributed by atoms with van der Waals surface area (Å²) in [7, 11) is 1.60. The number of carbonyl (C=O) groups is 2. The van der Waals surface area contributed by atoms with Crippen molar-refractivity contribution in [1.29, 1.82) is 0 Å². The normalized spacial score (nSPS) is 13.7. The molecule has 0 saturated heterocycles. The maximum atomic E-state index is 12.6. The number of carbonyl (C=O) groups excluding carboxylic acids is 2. The third-order valence-electron chi connectivity index (χ3n) is 3.88. The molecule has 2 amide bonds. The lowest BCUT2D eigenvalue weighted by atomic mass is 10.1. The Morgan fingerprint density at radius 3 is 2.52 bits per heavy atom. The number of rotatable bonds is 5. The summed E-state index contributed by atoms with van der Waals surface area (Å²) in [5, 5.41) is 6.37. The predicted octanol–water partition coefficient (Wildman–Crippen LogP) is 2.15. The van der Waals surface area contributed by atoms with Gasteiger partial charge in [0.25, 0.3) is 11.8 Å². The summed E-state index contributed by atoms with van der Waals surface area (Å²) in [5.41, 5.74) is 2.28. The molecule has 2 aromatic rings. The standard InChI is InChI=1S/C17H19N3O3/c1-11-9-15(23-19-11)17(22)20(14-7-8-14)10-12-3-5-13(6-4-12)16(21)18-2/h3-6,9,14H,7-8,10H2,1-2H3,(H,18,21). The molecule has 1 heterocycles. The first-order valence-corrected chi connectivity index (χ1v) is 7.64. The van der Waals surface area contributed by atoms with Gasteiger partial charge in [0, 0.05) is 31.3 Å². The topological polar surface area (TPSA) is 75.4 Å². The van der Waals surface area contributed by atoms with Crippen LogP contribution < -0.4 is 5.32 Å². The minimum absolute atomic E-state index is 0.121. The van der Waals surface area contributed by atoms with Crippen molar-refractivity contribution in [3.8, 4) is 0 Å². The van der Waals surface area contributed by atoms with Crippen molar-refractivity contribution in [2.24, 2.45) is 0 Å². The number of nitrogens with zero attached hydrogens (tertiary/aromatic N) is 2. The van der Waals surface area contributed by atoms with E-state index in [1.165, 1.54) is 0 Å². The van der Waals surface area contributed by atoms with E-state index >= 15 is 0 Å². The molecule has 23 heavy (non-hydrogen) atoms. The second-order valence-corrected chi connectivity index (χ2v) is 5.77. The number of hydrogen-bond donors (Lipinski definition) is 1. The van der Waals surface area contributed by atoms with Crippen molar-refractivity contribution in [3.05, 3.63) is 52.9 Å². The van der Waals surface area contributed by atoms with Gasteiger partial charge in [0.1, 0.15) is 0 Å². The van der Waals surface area contributed by atoms with Crippen molar-refractivity contribution in [3.63, 3.8) is 0 Å². The summed E-state index contributed by atoms with van der Waals surface area (Å²) < 4.78 is 5.09. The fraction of sp³-hybridized carbons (Fsp3) is 0.353. The van der Waals surface area contributed by atoms with Gasteiger partial charge in [0.15, 0.2) is 0 Å². The molecule has 1 aliphatic carbocycles. The Bertz CT molecular complexity index is 717. The fourth-order valence-corrected chi connectivity index (χ4v) is 2.46. The van der Waals surface area contributed by atoms with E-state index in [4.69, 9.17) is 4.52 Å². The SMILES string of the molecule is CNC(=O)c1ccc(CN(C(=O)c2cc(C)no2)C2CC2)cc1. The molecule has 0 unspecified atom stereocenters. The molecule has 6 heteroatoms. The van der Waals surface area contributed by atoms with Gasteiger partial charge in [-0.1, -0.05) is 17.3 Å². The zero-order valence-corrected chi connectivity index (χ0v) is 13.2. The van der Waals surface area contributed by atoms with Crippen molar-refractivity contribution >= 4 is 11.8 Å². The smallest absolute Gasteiger partial charge is 0.293 e. The van der Waals surface area contributed by atoms with E-state index in [1.807, 2.05) is 17.0 Å². The molecule has 1 aromatic heterocycles. The molecule has 1 fully saturated rings. The van der Waals surface area contributed by atoms with Gasteiger partial charge >= 0.3 is 0 Å². The van der Waals surface area contributed by atoms with E-state index in [1.54, 1.807) is 32.2 Å². The molecule has 1 aromatic carbocycles. The minimum atomic E-state index is -0.136. The number of aromatic nitrogens is 1. The average molecular weight is 313 g/mol. The third-order valence-corrected chi connectivity index (χ3v) is 3.88. The molecule has 0 atom stereocenters. The second kappa shape index (κ2) is 6.24. The van der Waals surface area contributed by atoms with Gasteiger partial charge < -0.3 is 14.7 Å². The van der Waals surface area contributed by atoms with E-state index in [2.05, 4.69) is 10.5 Å². The van der Waals surface area contributed by atoms with Crippen LogP contribution in [-0.4, -0.2) is 35.0 Å². The van der Waals surface area contributed by atoms with Gasteiger partial charge in [-0.15, -0.1) is 0 Å². The first kappa shape index (κ1) is 15.3. The van der Waals surface area contributed by atoms with Crippen LogP contribution in [0, 0.1) is 6.92 Å². The molecule has 1 N–H and O–H groups in total. The highest BCUT2D eigenvalue weighted by Crippen LogP contribution is 2.30. The fourth-order valence-electron chi connectivity index (χ4n) is 2.46.